The van der Waals surface area contributed by atoms with Gasteiger partial charge in [-0.1, -0.05) is 84.9 Å². The molecule has 7 aromatic carbocycles. The van der Waals surface area contributed by atoms with Crippen molar-refractivity contribution in [3.05, 3.63) is 140 Å². The van der Waals surface area contributed by atoms with Crippen LogP contribution in [0.5, 0.6) is 0 Å². The Hall–Kier alpha value is -4.74. The van der Waals surface area contributed by atoms with Gasteiger partial charge in [0.1, 0.15) is 0 Å². The summed E-state index contributed by atoms with van der Waals surface area (Å²) in [6.45, 7) is 0. The van der Waals surface area contributed by atoms with E-state index in [2.05, 4.69) is 144 Å². The second-order valence-corrected chi connectivity index (χ2v) is 14.6. The molecule has 0 unspecified atom stereocenters. The monoisotopic (exact) mass is 613 g/mol. The summed E-state index contributed by atoms with van der Waals surface area (Å²) in [5, 5.41) is 10.6. The van der Waals surface area contributed by atoms with Gasteiger partial charge in [0.2, 0.25) is 0 Å². The second kappa shape index (κ2) is 9.38. The first-order valence-electron chi connectivity index (χ1n) is 14.8. The molecule has 0 aliphatic carbocycles. The molecule has 206 valence electrons. The van der Waals surface area contributed by atoms with E-state index in [-0.39, 0.29) is 0 Å². The summed E-state index contributed by atoms with van der Waals surface area (Å²) in [6, 6.07) is 51.7. The molecule has 0 saturated carbocycles. The second-order valence-electron chi connectivity index (χ2n) is 11.3. The molecule has 0 fully saturated rings. The van der Waals surface area contributed by atoms with Crippen LogP contribution in [0.4, 0.5) is 17.1 Å². The molecule has 1 nitrogen and oxygen atoms in total. The zero-order valence-corrected chi connectivity index (χ0v) is 25.9. The first-order valence-corrected chi connectivity index (χ1v) is 17.2. The van der Waals surface area contributed by atoms with Gasteiger partial charge >= 0.3 is 0 Å². The third-order valence-electron chi connectivity index (χ3n) is 8.84. The highest BCUT2D eigenvalue weighted by atomic mass is 32.1. The van der Waals surface area contributed by atoms with Crippen LogP contribution in [-0.4, -0.2) is 0 Å². The summed E-state index contributed by atoms with van der Waals surface area (Å²) in [7, 11) is 0. The summed E-state index contributed by atoms with van der Waals surface area (Å²) < 4.78 is 7.96. The molecule has 0 aliphatic heterocycles. The van der Waals surface area contributed by atoms with E-state index in [1.807, 2.05) is 34.0 Å². The van der Waals surface area contributed by atoms with Crippen LogP contribution >= 0.6 is 34.0 Å². The lowest BCUT2D eigenvalue weighted by Crippen LogP contribution is -2.09. The molecular weight excluding hydrogens is 591 g/mol. The van der Waals surface area contributed by atoms with Crippen LogP contribution in [0.2, 0.25) is 0 Å². The molecule has 0 spiro atoms. The van der Waals surface area contributed by atoms with Crippen molar-refractivity contribution in [3.63, 3.8) is 0 Å². The molecule has 0 bridgehead atoms. The van der Waals surface area contributed by atoms with Gasteiger partial charge in [0, 0.05) is 77.6 Å². The molecule has 4 heteroatoms. The zero-order chi connectivity index (χ0) is 28.8. The van der Waals surface area contributed by atoms with Crippen molar-refractivity contribution < 1.29 is 0 Å². The SMILES string of the molecule is c1ccc2c(c1)ccc1c3ccc(N(c4ccc5c(c4)sc4ccccc45)c4ccc5sc6ccccc6c5c4)cc3sc21. The van der Waals surface area contributed by atoms with Crippen LogP contribution in [0.1, 0.15) is 0 Å². The fraction of sp³-hybridized carbons (Fsp3) is 0. The maximum atomic E-state index is 2.44. The van der Waals surface area contributed by atoms with E-state index in [0.29, 0.717) is 0 Å². The quantitative estimate of drug-likeness (QED) is 0.192. The Labute approximate surface area is 265 Å². The molecule has 3 heterocycles. The third-order valence-corrected chi connectivity index (χ3v) is 12.3. The Balaban J connectivity index is 1.22. The fourth-order valence-corrected chi connectivity index (χ4v) is 10.3. The van der Waals surface area contributed by atoms with Gasteiger partial charge in [-0.25, -0.2) is 0 Å². The molecule has 44 heavy (non-hydrogen) atoms. The van der Waals surface area contributed by atoms with E-state index < -0.39 is 0 Å². The maximum absolute atomic E-state index is 2.44. The number of rotatable bonds is 3. The van der Waals surface area contributed by atoms with E-state index >= 15 is 0 Å². The standard InChI is InChI=1S/C40H23NS3/c1-2-8-28-24(7-1)13-17-33-32-19-15-27(23-39(32)44-40(28)33)41(25-16-20-37-34(21-25)30-10-4-6-12-36(30)42-37)26-14-18-31-29-9-3-5-11-35(29)43-38(31)22-26/h1-23H. The number of fused-ring (bicyclic) bond motifs is 11. The summed E-state index contributed by atoms with van der Waals surface area (Å²) in [6.07, 6.45) is 0. The molecule has 3 aromatic heterocycles. The van der Waals surface area contributed by atoms with Gasteiger partial charge in [-0.15, -0.1) is 34.0 Å². The van der Waals surface area contributed by atoms with E-state index in [9.17, 15) is 0 Å². The Morgan fingerprint density at radius 2 is 0.818 bits per heavy atom. The Bertz CT molecular complexity index is 2740. The summed E-state index contributed by atoms with van der Waals surface area (Å²) in [4.78, 5) is 2.44. The van der Waals surface area contributed by atoms with Crippen LogP contribution in [-0.2, 0) is 0 Å². The van der Waals surface area contributed by atoms with Crippen LogP contribution < -0.4 is 4.90 Å². The first kappa shape index (κ1) is 24.7. The Kier molecular flexibility index (Phi) is 5.26. The minimum atomic E-state index is 1.17. The lowest BCUT2D eigenvalue weighted by atomic mass is 10.1. The minimum Gasteiger partial charge on any atom is -0.310 e. The zero-order valence-electron chi connectivity index (χ0n) is 23.5. The van der Waals surface area contributed by atoms with Crippen molar-refractivity contribution in [1.82, 2.24) is 0 Å². The van der Waals surface area contributed by atoms with Gasteiger partial charge < -0.3 is 4.90 Å². The summed E-state index contributed by atoms with van der Waals surface area (Å²) >= 11 is 5.64. The molecule has 0 aliphatic rings. The van der Waals surface area contributed by atoms with E-state index in [4.69, 9.17) is 0 Å². The lowest BCUT2D eigenvalue weighted by molar-refractivity contribution is 1.30. The number of benzene rings is 7. The van der Waals surface area contributed by atoms with Gasteiger partial charge in [-0.2, -0.15) is 0 Å². The fourth-order valence-electron chi connectivity index (χ4n) is 6.79. The highest BCUT2D eigenvalue weighted by Gasteiger charge is 2.18. The Morgan fingerprint density at radius 1 is 0.318 bits per heavy atom. The molecule has 0 atom stereocenters. The van der Waals surface area contributed by atoms with Crippen LogP contribution in [0.3, 0.4) is 0 Å². The van der Waals surface area contributed by atoms with Gasteiger partial charge in [0.05, 0.1) is 0 Å². The number of hydrogen-bond donors (Lipinski definition) is 0. The number of hydrogen-bond acceptors (Lipinski definition) is 4. The number of nitrogens with zero attached hydrogens (tertiary/aromatic N) is 1. The van der Waals surface area contributed by atoms with Crippen molar-refractivity contribution >= 4 is 122 Å². The molecule has 0 amide bonds. The molecule has 0 radical (unpaired) electrons. The van der Waals surface area contributed by atoms with Crippen molar-refractivity contribution in [2.45, 2.75) is 0 Å². The molecule has 10 rings (SSSR count). The average molecular weight is 614 g/mol. The van der Waals surface area contributed by atoms with E-state index in [1.54, 1.807) is 0 Å². The van der Waals surface area contributed by atoms with Crippen LogP contribution in [0.25, 0.3) is 71.3 Å². The molecule has 0 N–H and O–H groups in total. The van der Waals surface area contributed by atoms with Crippen LogP contribution in [0.15, 0.2) is 140 Å². The van der Waals surface area contributed by atoms with Crippen molar-refractivity contribution in [1.29, 1.82) is 0 Å². The molecule has 10 aromatic rings. The number of thiophene rings is 3. The largest absolute Gasteiger partial charge is 0.310 e. The average Bonchev–Trinajstić information content (AvgIpc) is 3.75. The summed E-state index contributed by atoms with van der Waals surface area (Å²) in [5.74, 6) is 0. The normalized spacial score (nSPS) is 12.1. The van der Waals surface area contributed by atoms with Crippen LogP contribution in [0, 0.1) is 0 Å². The number of anilines is 3. The van der Waals surface area contributed by atoms with Crippen molar-refractivity contribution in [2.75, 3.05) is 4.90 Å². The topological polar surface area (TPSA) is 3.24 Å². The van der Waals surface area contributed by atoms with Crippen molar-refractivity contribution in [2.24, 2.45) is 0 Å². The molecular formula is C40H23NS3. The maximum Gasteiger partial charge on any atom is 0.0476 e. The van der Waals surface area contributed by atoms with Crippen molar-refractivity contribution in [3.8, 4) is 0 Å². The highest BCUT2D eigenvalue weighted by Crippen LogP contribution is 2.45. The van der Waals surface area contributed by atoms with E-state index in [1.165, 1.54) is 88.4 Å². The van der Waals surface area contributed by atoms with Gasteiger partial charge in [-0.3, -0.25) is 0 Å². The first-order chi connectivity index (χ1) is 21.8. The van der Waals surface area contributed by atoms with Gasteiger partial charge in [-0.05, 0) is 65.4 Å². The predicted molar refractivity (Wildman–Crippen MR) is 197 cm³/mol. The highest BCUT2D eigenvalue weighted by molar-refractivity contribution is 7.27. The lowest BCUT2D eigenvalue weighted by Gasteiger charge is -2.26. The van der Waals surface area contributed by atoms with Gasteiger partial charge in [0.15, 0.2) is 0 Å². The van der Waals surface area contributed by atoms with E-state index in [0.717, 1.165) is 0 Å². The van der Waals surface area contributed by atoms with Gasteiger partial charge in [0.25, 0.3) is 0 Å². The predicted octanol–water partition coefficient (Wildman–Crippen LogP) is 13.4. The smallest absolute Gasteiger partial charge is 0.0476 e. The summed E-state index contributed by atoms with van der Waals surface area (Å²) in [5.41, 5.74) is 3.52. The molecule has 0 saturated heterocycles. The minimum absolute atomic E-state index is 1.17. The Morgan fingerprint density at radius 3 is 1.59 bits per heavy atom. The third kappa shape index (κ3) is 3.62.